The number of nitro benzene ring substituents is 1. The Morgan fingerprint density at radius 1 is 1.18 bits per heavy atom. The largest absolute Gasteiger partial charge is 0.339 e. The minimum absolute atomic E-state index is 0.0493. The molecule has 0 unspecified atom stereocenters. The summed E-state index contributed by atoms with van der Waals surface area (Å²) in [4.78, 5) is 28.7. The number of carbonyl (C=O) groups is 1. The second-order valence-corrected chi connectivity index (χ2v) is 13.0. The van der Waals surface area contributed by atoms with Crippen molar-refractivity contribution in [3.05, 3.63) is 90.9 Å². The third-order valence-electron chi connectivity index (χ3n) is 7.21. The number of hydrogen-bond acceptors (Lipinski definition) is 7. The fourth-order valence-electron chi connectivity index (χ4n) is 5.33. The molecule has 206 valence electrons. The molecule has 0 radical (unpaired) electrons. The average Bonchev–Trinajstić information content (AvgIpc) is 3.37. The van der Waals surface area contributed by atoms with E-state index in [1.165, 1.54) is 33.4 Å². The number of amides is 1. The Labute approximate surface area is 234 Å². The van der Waals surface area contributed by atoms with E-state index in [2.05, 4.69) is 0 Å². The number of benzene rings is 2. The van der Waals surface area contributed by atoms with Crippen molar-refractivity contribution in [3.63, 3.8) is 0 Å². The molecule has 1 fully saturated rings. The summed E-state index contributed by atoms with van der Waals surface area (Å²) in [7, 11) is -4.05. The van der Waals surface area contributed by atoms with Gasteiger partial charge in [0.15, 0.2) is 0 Å². The Morgan fingerprint density at radius 2 is 1.97 bits per heavy atom. The smallest absolute Gasteiger partial charge is 0.289 e. The Balaban J connectivity index is 1.31. The fourth-order valence-corrected chi connectivity index (χ4v) is 8.06. The zero-order chi connectivity index (χ0) is 27.9. The van der Waals surface area contributed by atoms with Gasteiger partial charge in [-0.1, -0.05) is 23.7 Å². The topological polar surface area (TPSA) is 104 Å². The molecule has 1 saturated heterocycles. The minimum Gasteiger partial charge on any atom is -0.339 e. The summed E-state index contributed by atoms with van der Waals surface area (Å²) in [5, 5.41) is 13.1. The van der Waals surface area contributed by atoms with Gasteiger partial charge in [0.25, 0.3) is 5.69 Å². The number of halogens is 2. The summed E-state index contributed by atoms with van der Waals surface area (Å²) in [6.07, 6.45) is 0.793. The van der Waals surface area contributed by atoms with Crippen molar-refractivity contribution in [1.29, 1.82) is 0 Å². The summed E-state index contributed by atoms with van der Waals surface area (Å²) in [6.45, 7) is 2.86. The van der Waals surface area contributed by atoms with Gasteiger partial charge in [-0.2, -0.15) is 4.31 Å². The lowest BCUT2D eigenvalue weighted by molar-refractivity contribution is -0.384. The maximum Gasteiger partial charge on any atom is 0.289 e. The molecule has 0 spiro atoms. The molecular weight excluding hydrogens is 567 g/mol. The van der Waals surface area contributed by atoms with Crippen LogP contribution in [0.3, 0.4) is 0 Å². The van der Waals surface area contributed by atoms with E-state index in [0.29, 0.717) is 6.54 Å². The molecule has 2 aromatic carbocycles. The molecule has 2 atom stereocenters. The molecular formula is C26H26ClFN4O5S2. The number of nitrogens with zero attached hydrogens (tertiary/aromatic N) is 4. The van der Waals surface area contributed by atoms with E-state index in [4.69, 9.17) is 11.6 Å². The van der Waals surface area contributed by atoms with Crippen LogP contribution in [-0.2, 0) is 21.2 Å². The van der Waals surface area contributed by atoms with Crippen molar-refractivity contribution in [2.75, 3.05) is 32.7 Å². The molecule has 9 nitrogen and oxygen atoms in total. The average molecular weight is 593 g/mol. The Kier molecular flexibility index (Phi) is 7.75. The first-order valence-corrected chi connectivity index (χ1v) is 15.1. The summed E-state index contributed by atoms with van der Waals surface area (Å²) in [6, 6.07) is 11.1. The molecule has 3 aromatic rings. The van der Waals surface area contributed by atoms with Gasteiger partial charge in [-0.25, -0.2) is 12.8 Å². The maximum absolute atomic E-state index is 14.1. The van der Waals surface area contributed by atoms with Crippen LogP contribution in [0.1, 0.15) is 29.0 Å². The standard InChI is InChI=1S/C26H26ClFN4O5S2/c1-17-15-29(10-11-31(17)39(36,37)20-5-6-22(27)23(14-20)32(34)35)25(33)16-30-9-7-24-21(8-12-38-24)26(30)18-3-2-4-19(28)13-18/h2-6,8,12-14,17,26H,7,9-11,15-16H2,1H3/t17-,26+/m0/s1. The Hall–Kier alpha value is -2.90. The zero-order valence-electron chi connectivity index (χ0n) is 21.0. The molecule has 0 bridgehead atoms. The molecule has 2 aliphatic heterocycles. The van der Waals surface area contributed by atoms with Crippen LogP contribution in [-0.4, -0.2) is 72.1 Å². The highest BCUT2D eigenvalue weighted by atomic mass is 35.5. The van der Waals surface area contributed by atoms with Gasteiger partial charge in [-0.3, -0.25) is 19.8 Å². The zero-order valence-corrected chi connectivity index (χ0v) is 23.4. The predicted molar refractivity (Wildman–Crippen MR) is 146 cm³/mol. The minimum atomic E-state index is -4.05. The van der Waals surface area contributed by atoms with Crippen LogP contribution in [0, 0.1) is 15.9 Å². The van der Waals surface area contributed by atoms with Gasteiger partial charge in [0.1, 0.15) is 10.8 Å². The van der Waals surface area contributed by atoms with Crippen LogP contribution >= 0.6 is 22.9 Å². The molecule has 13 heteroatoms. The van der Waals surface area contributed by atoms with Gasteiger partial charge < -0.3 is 4.90 Å². The lowest BCUT2D eigenvalue weighted by atomic mass is 9.93. The van der Waals surface area contributed by atoms with E-state index in [9.17, 15) is 27.7 Å². The fraction of sp³-hybridized carbons (Fsp3) is 0.346. The van der Waals surface area contributed by atoms with Crippen molar-refractivity contribution in [3.8, 4) is 0 Å². The number of sulfonamides is 1. The molecule has 0 aliphatic carbocycles. The first kappa shape index (κ1) is 27.7. The van der Waals surface area contributed by atoms with Gasteiger partial charge in [-0.15, -0.1) is 11.3 Å². The van der Waals surface area contributed by atoms with Gasteiger partial charge in [0.05, 0.1) is 22.4 Å². The first-order chi connectivity index (χ1) is 18.6. The second-order valence-electron chi connectivity index (χ2n) is 9.65. The predicted octanol–water partition coefficient (Wildman–Crippen LogP) is 4.32. The first-order valence-electron chi connectivity index (χ1n) is 12.4. The Bertz CT molecular complexity index is 1530. The van der Waals surface area contributed by atoms with E-state index < -0.39 is 26.7 Å². The van der Waals surface area contributed by atoms with Crippen molar-refractivity contribution >= 4 is 44.6 Å². The number of rotatable bonds is 6. The number of thiophene rings is 1. The normalized spacial score (nSPS) is 20.5. The van der Waals surface area contributed by atoms with Crippen molar-refractivity contribution in [1.82, 2.24) is 14.1 Å². The highest BCUT2D eigenvalue weighted by molar-refractivity contribution is 7.89. The van der Waals surface area contributed by atoms with E-state index >= 15 is 0 Å². The third-order valence-corrected chi connectivity index (χ3v) is 10.5. The number of fused-ring (bicyclic) bond motifs is 1. The number of carbonyl (C=O) groups excluding carboxylic acids is 1. The molecule has 1 amide bonds. The second kappa shape index (κ2) is 10.9. The lowest BCUT2D eigenvalue weighted by Gasteiger charge is -2.41. The molecule has 1 aromatic heterocycles. The van der Waals surface area contributed by atoms with Crippen molar-refractivity contribution in [2.45, 2.75) is 30.3 Å². The number of piperazine rings is 1. The monoisotopic (exact) mass is 592 g/mol. The van der Waals surface area contributed by atoms with Crippen LogP contribution in [0.2, 0.25) is 5.02 Å². The SMILES string of the molecule is C[C@H]1CN(C(=O)CN2CCc3sccc3[C@H]2c2cccc(F)c2)CCN1S(=O)(=O)c1ccc(Cl)c([N+](=O)[O-])c1. The molecule has 5 rings (SSSR count). The highest BCUT2D eigenvalue weighted by Crippen LogP contribution is 2.38. The van der Waals surface area contributed by atoms with Gasteiger partial charge in [0, 0.05) is 43.2 Å². The van der Waals surface area contributed by atoms with Crippen LogP contribution in [0.25, 0.3) is 0 Å². The molecule has 0 N–H and O–H groups in total. The van der Waals surface area contributed by atoms with E-state index in [-0.39, 0.29) is 53.9 Å². The van der Waals surface area contributed by atoms with Crippen LogP contribution in [0.15, 0.2) is 58.8 Å². The van der Waals surface area contributed by atoms with E-state index in [1.807, 2.05) is 22.4 Å². The summed E-state index contributed by atoms with van der Waals surface area (Å²) in [5.41, 5.74) is 1.37. The van der Waals surface area contributed by atoms with Crippen molar-refractivity contribution in [2.24, 2.45) is 0 Å². The van der Waals surface area contributed by atoms with Crippen LogP contribution < -0.4 is 0 Å². The highest BCUT2D eigenvalue weighted by Gasteiger charge is 2.38. The third kappa shape index (κ3) is 5.44. The molecule has 2 aliphatic rings. The molecule has 0 saturated carbocycles. The quantitative estimate of drug-likeness (QED) is 0.312. The van der Waals surface area contributed by atoms with Gasteiger partial charge in [0.2, 0.25) is 15.9 Å². The van der Waals surface area contributed by atoms with E-state index in [0.717, 1.165) is 23.6 Å². The van der Waals surface area contributed by atoms with Gasteiger partial charge in [-0.05, 0) is 60.2 Å². The van der Waals surface area contributed by atoms with Gasteiger partial charge >= 0.3 is 0 Å². The van der Waals surface area contributed by atoms with E-state index in [1.54, 1.807) is 29.2 Å². The summed E-state index contributed by atoms with van der Waals surface area (Å²) in [5.74, 6) is -0.473. The lowest BCUT2D eigenvalue weighted by Crippen LogP contribution is -2.57. The maximum atomic E-state index is 14.1. The number of nitro groups is 1. The Morgan fingerprint density at radius 3 is 2.69 bits per heavy atom. The summed E-state index contributed by atoms with van der Waals surface area (Å²) >= 11 is 7.51. The molecule has 39 heavy (non-hydrogen) atoms. The molecule has 3 heterocycles. The van der Waals surface area contributed by atoms with Crippen LogP contribution in [0.4, 0.5) is 10.1 Å². The van der Waals surface area contributed by atoms with Crippen LogP contribution in [0.5, 0.6) is 0 Å². The van der Waals surface area contributed by atoms with Crippen molar-refractivity contribution < 1.29 is 22.5 Å². The summed E-state index contributed by atoms with van der Waals surface area (Å²) < 4.78 is 42.0. The number of hydrogen-bond donors (Lipinski definition) is 0.